The highest BCUT2D eigenvalue weighted by atomic mass is 35.5. The van der Waals surface area contributed by atoms with Crippen molar-refractivity contribution in [2.75, 3.05) is 18.2 Å². The molecule has 0 saturated heterocycles. The fraction of sp³-hybridized carbons (Fsp3) is 0.235. The molecule has 2 rings (SSSR count). The molecule has 5 nitrogen and oxygen atoms in total. The summed E-state index contributed by atoms with van der Waals surface area (Å²) in [6.45, 7) is 3.59. The van der Waals surface area contributed by atoms with Crippen LogP contribution in [-0.4, -0.2) is 19.2 Å². The summed E-state index contributed by atoms with van der Waals surface area (Å²) in [5.41, 5.74) is 8.29. The van der Waals surface area contributed by atoms with Gasteiger partial charge in [0.15, 0.2) is 0 Å². The molecule has 2 aromatic carbocycles. The van der Waals surface area contributed by atoms with Crippen LogP contribution in [-0.2, 0) is 4.74 Å². The topological polar surface area (TPSA) is 73.6 Å². The third-order valence-corrected chi connectivity index (χ3v) is 3.36. The number of nitrogens with one attached hydrogen (secondary N) is 1. The largest absolute Gasteiger partial charge is 0.495 e. The number of esters is 1. The first-order chi connectivity index (χ1) is 10.9. The first kappa shape index (κ1) is 17.0. The molecule has 122 valence electrons. The molecule has 0 saturated carbocycles. The number of anilines is 3. The van der Waals surface area contributed by atoms with E-state index in [4.69, 9.17) is 26.8 Å². The molecule has 23 heavy (non-hydrogen) atoms. The third-order valence-electron chi connectivity index (χ3n) is 3.06. The SMILES string of the molecule is COc1ccc(Nc2ccc(C(=O)OC(C)C)cc2N)cc1Cl. The molecule has 0 aliphatic rings. The van der Waals surface area contributed by atoms with E-state index in [-0.39, 0.29) is 6.10 Å². The van der Waals surface area contributed by atoms with Crippen molar-refractivity contribution in [1.29, 1.82) is 0 Å². The summed E-state index contributed by atoms with van der Waals surface area (Å²) in [4.78, 5) is 11.9. The lowest BCUT2D eigenvalue weighted by Crippen LogP contribution is -2.12. The van der Waals surface area contributed by atoms with E-state index in [9.17, 15) is 4.79 Å². The zero-order valence-electron chi connectivity index (χ0n) is 13.2. The molecule has 0 aliphatic carbocycles. The minimum absolute atomic E-state index is 0.178. The number of ether oxygens (including phenoxy) is 2. The highest BCUT2D eigenvalue weighted by Crippen LogP contribution is 2.30. The zero-order valence-corrected chi connectivity index (χ0v) is 14.0. The molecule has 2 aromatic rings. The average Bonchev–Trinajstić information content (AvgIpc) is 2.48. The molecule has 3 N–H and O–H groups in total. The molecule has 0 bridgehead atoms. The first-order valence-electron chi connectivity index (χ1n) is 7.11. The van der Waals surface area contributed by atoms with E-state index in [1.165, 1.54) is 0 Å². The van der Waals surface area contributed by atoms with Crippen LogP contribution in [0.3, 0.4) is 0 Å². The molecule has 0 fully saturated rings. The lowest BCUT2D eigenvalue weighted by Gasteiger charge is -2.13. The van der Waals surface area contributed by atoms with Gasteiger partial charge in [-0.2, -0.15) is 0 Å². The molecule has 0 aliphatic heterocycles. The molecule has 0 amide bonds. The van der Waals surface area contributed by atoms with Crippen molar-refractivity contribution in [1.82, 2.24) is 0 Å². The molecule has 0 spiro atoms. The Morgan fingerprint density at radius 2 is 1.96 bits per heavy atom. The molecule has 0 radical (unpaired) electrons. The lowest BCUT2D eigenvalue weighted by molar-refractivity contribution is 0.0378. The van der Waals surface area contributed by atoms with Crippen LogP contribution in [0.4, 0.5) is 17.1 Å². The van der Waals surface area contributed by atoms with Crippen molar-refractivity contribution < 1.29 is 14.3 Å². The van der Waals surface area contributed by atoms with Gasteiger partial charge in [-0.1, -0.05) is 11.6 Å². The van der Waals surface area contributed by atoms with Crippen molar-refractivity contribution >= 4 is 34.6 Å². The standard InChI is InChI=1S/C17H19ClN2O3/c1-10(2)23-17(21)11-4-6-15(14(19)8-11)20-12-5-7-16(22-3)13(18)9-12/h4-10,20H,19H2,1-3H3. The predicted molar refractivity (Wildman–Crippen MR) is 92.7 cm³/mol. The fourth-order valence-corrected chi connectivity index (χ4v) is 2.24. The fourth-order valence-electron chi connectivity index (χ4n) is 1.99. The number of halogens is 1. The van der Waals surface area contributed by atoms with Crippen LogP contribution in [0.5, 0.6) is 5.75 Å². The number of hydrogen-bond donors (Lipinski definition) is 2. The molecule has 6 heteroatoms. The summed E-state index contributed by atoms with van der Waals surface area (Å²) in [6, 6.07) is 10.3. The number of benzene rings is 2. The van der Waals surface area contributed by atoms with Crippen molar-refractivity contribution in [2.45, 2.75) is 20.0 Å². The maximum atomic E-state index is 11.9. The maximum Gasteiger partial charge on any atom is 0.338 e. The Labute approximate surface area is 140 Å². The lowest BCUT2D eigenvalue weighted by atomic mass is 10.1. The number of methoxy groups -OCH3 is 1. The molecular weight excluding hydrogens is 316 g/mol. The van der Waals surface area contributed by atoms with Crippen LogP contribution in [0, 0.1) is 0 Å². The Bertz CT molecular complexity index is 717. The number of carbonyl (C=O) groups is 1. The third kappa shape index (κ3) is 4.29. The molecule has 0 heterocycles. The van der Waals surface area contributed by atoms with E-state index in [2.05, 4.69) is 5.32 Å². The van der Waals surface area contributed by atoms with Crippen LogP contribution in [0.2, 0.25) is 5.02 Å². The maximum absolute atomic E-state index is 11.9. The quantitative estimate of drug-likeness (QED) is 0.632. The first-order valence-corrected chi connectivity index (χ1v) is 7.49. The van der Waals surface area contributed by atoms with Gasteiger partial charge in [0, 0.05) is 5.69 Å². The second-order valence-electron chi connectivity index (χ2n) is 5.23. The van der Waals surface area contributed by atoms with E-state index < -0.39 is 5.97 Å². The Hall–Kier alpha value is -2.40. The van der Waals surface area contributed by atoms with Crippen LogP contribution in [0.25, 0.3) is 0 Å². The minimum atomic E-state index is -0.397. The van der Waals surface area contributed by atoms with Gasteiger partial charge >= 0.3 is 5.97 Å². The van der Waals surface area contributed by atoms with Gasteiger partial charge in [-0.25, -0.2) is 4.79 Å². The van der Waals surface area contributed by atoms with Crippen LogP contribution in [0.15, 0.2) is 36.4 Å². The summed E-state index contributed by atoms with van der Waals surface area (Å²) in [6.07, 6.45) is -0.178. The van der Waals surface area contributed by atoms with Crippen molar-refractivity contribution in [2.24, 2.45) is 0 Å². The van der Waals surface area contributed by atoms with Gasteiger partial charge in [-0.15, -0.1) is 0 Å². The van der Waals surface area contributed by atoms with E-state index in [0.717, 1.165) is 5.69 Å². The van der Waals surface area contributed by atoms with Gasteiger partial charge in [0.2, 0.25) is 0 Å². The second-order valence-corrected chi connectivity index (χ2v) is 5.64. The van der Waals surface area contributed by atoms with Gasteiger partial charge in [0.05, 0.1) is 35.2 Å². The summed E-state index contributed by atoms with van der Waals surface area (Å²) >= 11 is 6.09. The van der Waals surface area contributed by atoms with Crippen LogP contribution in [0.1, 0.15) is 24.2 Å². The summed E-state index contributed by atoms with van der Waals surface area (Å²) < 4.78 is 10.3. The number of hydrogen-bond acceptors (Lipinski definition) is 5. The zero-order chi connectivity index (χ0) is 17.0. The van der Waals surface area contributed by atoms with Crippen molar-refractivity contribution in [3.05, 3.63) is 47.0 Å². The van der Waals surface area contributed by atoms with E-state index >= 15 is 0 Å². The van der Waals surface area contributed by atoms with Crippen LogP contribution < -0.4 is 15.8 Å². The molecule has 0 unspecified atom stereocenters. The average molecular weight is 335 g/mol. The van der Waals surface area contributed by atoms with Gasteiger partial charge in [-0.3, -0.25) is 0 Å². The Morgan fingerprint density at radius 1 is 1.22 bits per heavy atom. The van der Waals surface area contributed by atoms with Crippen LogP contribution >= 0.6 is 11.6 Å². The van der Waals surface area contributed by atoms with Crippen molar-refractivity contribution in [3.63, 3.8) is 0 Å². The normalized spacial score (nSPS) is 10.5. The summed E-state index contributed by atoms with van der Waals surface area (Å²) in [5.74, 6) is 0.197. The molecule has 0 aromatic heterocycles. The van der Waals surface area contributed by atoms with Gasteiger partial charge in [0.25, 0.3) is 0 Å². The number of carbonyl (C=O) groups excluding carboxylic acids is 1. The number of rotatable bonds is 5. The van der Waals surface area contributed by atoms with Gasteiger partial charge in [0.1, 0.15) is 5.75 Å². The highest BCUT2D eigenvalue weighted by Gasteiger charge is 2.11. The second kappa shape index (κ2) is 7.24. The van der Waals surface area contributed by atoms with Gasteiger partial charge in [-0.05, 0) is 50.2 Å². The number of nitrogens with two attached hydrogens (primary N) is 1. The van der Waals surface area contributed by atoms with E-state index in [1.807, 2.05) is 6.07 Å². The highest BCUT2D eigenvalue weighted by molar-refractivity contribution is 6.32. The Balaban J connectivity index is 2.18. The predicted octanol–water partition coefficient (Wildman–Crippen LogP) is 4.24. The number of nitrogen functional groups attached to an aromatic ring is 1. The van der Waals surface area contributed by atoms with Gasteiger partial charge < -0.3 is 20.5 Å². The van der Waals surface area contributed by atoms with E-state index in [0.29, 0.717) is 27.7 Å². The Kier molecular flexibility index (Phi) is 5.34. The van der Waals surface area contributed by atoms with E-state index in [1.54, 1.807) is 51.3 Å². The monoisotopic (exact) mass is 334 g/mol. The summed E-state index contributed by atoms with van der Waals surface area (Å²) in [5, 5.41) is 3.65. The summed E-state index contributed by atoms with van der Waals surface area (Å²) in [7, 11) is 1.56. The minimum Gasteiger partial charge on any atom is -0.495 e. The Morgan fingerprint density at radius 3 is 2.52 bits per heavy atom. The smallest absolute Gasteiger partial charge is 0.338 e. The molecule has 0 atom stereocenters. The van der Waals surface area contributed by atoms with Crippen molar-refractivity contribution in [3.8, 4) is 5.75 Å². The molecular formula is C17H19ClN2O3.